The van der Waals surface area contributed by atoms with Crippen LogP contribution in [0.2, 0.25) is 0 Å². The lowest BCUT2D eigenvalue weighted by atomic mass is 9.75. The van der Waals surface area contributed by atoms with Crippen LogP contribution in [0.15, 0.2) is 18.2 Å². The molecule has 0 aliphatic carbocycles. The average molecular weight is 468 g/mol. The number of carbonyl (C=O) groups excluding carboxylic acids is 2. The molecule has 1 aromatic rings. The van der Waals surface area contributed by atoms with Crippen molar-refractivity contribution in [3.63, 3.8) is 0 Å². The van der Waals surface area contributed by atoms with Crippen LogP contribution >= 0.6 is 0 Å². The van der Waals surface area contributed by atoms with Gasteiger partial charge in [0, 0.05) is 46.1 Å². The number of benzene rings is 1. The van der Waals surface area contributed by atoms with Gasteiger partial charge in [0.05, 0.1) is 12.1 Å². The van der Waals surface area contributed by atoms with E-state index in [9.17, 15) is 23.5 Å². The van der Waals surface area contributed by atoms with Crippen molar-refractivity contribution in [1.29, 1.82) is 0 Å². The molecule has 0 saturated carbocycles. The molecule has 0 bridgehead atoms. The number of aliphatic hydroxyl groups is 1. The Morgan fingerprint density at radius 2 is 1.79 bits per heavy atom. The fourth-order valence-corrected chi connectivity index (χ4v) is 4.74. The summed E-state index contributed by atoms with van der Waals surface area (Å²) in [6.45, 7) is 11.9. The van der Waals surface area contributed by atoms with Crippen molar-refractivity contribution in [2.24, 2.45) is 17.3 Å². The van der Waals surface area contributed by atoms with Gasteiger partial charge in [0.1, 0.15) is 11.6 Å². The molecular formula is C25H39F2N3O3. The summed E-state index contributed by atoms with van der Waals surface area (Å²) in [5, 5.41) is 16.7. The van der Waals surface area contributed by atoms with Crippen LogP contribution < -0.4 is 10.6 Å². The van der Waals surface area contributed by atoms with Crippen LogP contribution in [-0.4, -0.2) is 60.1 Å². The molecule has 1 heterocycles. The Bertz CT molecular complexity index is 792. The molecule has 2 rings (SSSR count). The minimum atomic E-state index is -0.950. The summed E-state index contributed by atoms with van der Waals surface area (Å²) in [5.74, 6) is -0.932. The van der Waals surface area contributed by atoms with Crippen molar-refractivity contribution in [1.82, 2.24) is 15.5 Å². The highest BCUT2D eigenvalue weighted by Gasteiger charge is 2.33. The molecule has 1 saturated heterocycles. The number of halogens is 2. The molecule has 2 amide bonds. The van der Waals surface area contributed by atoms with E-state index in [1.165, 1.54) is 19.1 Å². The molecule has 6 nitrogen and oxygen atoms in total. The van der Waals surface area contributed by atoms with Gasteiger partial charge in [-0.05, 0) is 54.2 Å². The van der Waals surface area contributed by atoms with E-state index in [2.05, 4.69) is 31.4 Å². The van der Waals surface area contributed by atoms with Gasteiger partial charge in [-0.1, -0.05) is 20.8 Å². The maximum absolute atomic E-state index is 13.6. The van der Waals surface area contributed by atoms with E-state index in [1.54, 1.807) is 6.92 Å². The first-order valence-corrected chi connectivity index (χ1v) is 11.7. The molecule has 8 heteroatoms. The van der Waals surface area contributed by atoms with Gasteiger partial charge in [-0.25, -0.2) is 8.78 Å². The largest absolute Gasteiger partial charge is 0.390 e. The number of nitrogens with one attached hydrogen (secondary N) is 2. The first-order chi connectivity index (χ1) is 15.3. The third-order valence-corrected chi connectivity index (χ3v) is 6.20. The molecular weight excluding hydrogens is 428 g/mol. The van der Waals surface area contributed by atoms with Gasteiger partial charge < -0.3 is 20.6 Å². The Kier molecular flexibility index (Phi) is 9.79. The quantitative estimate of drug-likeness (QED) is 0.522. The lowest BCUT2D eigenvalue weighted by Crippen LogP contribution is -2.51. The monoisotopic (exact) mass is 467 g/mol. The fraction of sp³-hybridized carbons (Fsp3) is 0.680. The number of amides is 2. The summed E-state index contributed by atoms with van der Waals surface area (Å²) in [7, 11) is 0. The lowest BCUT2D eigenvalue weighted by Gasteiger charge is -2.41. The zero-order valence-corrected chi connectivity index (χ0v) is 20.5. The number of aliphatic hydroxyl groups excluding tert-OH is 1. The fourth-order valence-electron chi connectivity index (χ4n) is 4.74. The first-order valence-electron chi connectivity index (χ1n) is 11.7. The summed E-state index contributed by atoms with van der Waals surface area (Å²) < 4.78 is 27.1. The summed E-state index contributed by atoms with van der Waals surface area (Å²) in [6.07, 6.45) is 1.15. The van der Waals surface area contributed by atoms with Gasteiger partial charge in [0.25, 0.3) is 0 Å². The van der Waals surface area contributed by atoms with Gasteiger partial charge in [0.15, 0.2) is 0 Å². The molecule has 4 atom stereocenters. The topological polar surface area (TPSA) is 81.7 Å². The summed E-state index contributed by atoms with van der Waals surface area (Å²) in [4.78, 5) is 25.4. The third kappa shape index (κ3) is 9.37. The van der Waals surface area contributed by atoms with E-state index in [0.717, 1.165) is 25.5 Å². The Labute approximate surface area is 196 Å². The molecule has 1 aliphatic heterocycles. The van der Waals surface area contributed by atoms with E-state index in [-0.39, 0.29) is 36.1 Å². The predicted octanol–water partition coefficient (Wildman–Crippen LogP) is 2.88. The Balaban J connectivity index is 2.00. The van der Waals surface area contributed by atoms with E-state index in [4.69, 9.17) is 0 Å². The van der Waals surface area contributed by atoms with E-state index >= 15 is 0 Å². The van der Waals surface area contributed by atoms with Crippen molar-refractivity contribution >= 4 is 11.8 Å². The Morgan fingerprint density at radius 1 is 1.15 bits per heavy atom. The SMILES string of the molecule is CC(=O)NC(Cc1cc(F)cc(F)c1)C(O)CNCC1CN(C(C)=O)CCC1CC(C)(C)C. The Hall–Kier alpha value is -2.06. The maximum Gasteiger partial charge on any atom is 0.219 e. The number of likely N-dealkylation sites (tertiary alicyclic amines) is 1. The van der Waals surface area contributed by atoms with Crippen LogP contribution in [0, 0.1) is 28.9 Å². The van der Waals surface area contributed by atoms with E-state index in [0.29, 0.717) is 24.6 Å². The van der Waals surface area contributed by atoms with Crippen molar-refractivity contribution in [3.8, 4) is 0 Å². The van der Waals surface area contributed by atoms with Crippen LogP contribution in [0.3, 0.4) is 0 Å². The van der Waals surface area contributed by atoms with Crippen LogP contribution in [0.4, 0.5) is 8.78 Å². The molecule has 186 valence electrons. The lowest BCUT2D eigenvalue weighted by molar-refractivity contribution is -0.131. The molecule has 1 aromatic carbocycles. The van der Waals surface area contributed by atoms with E-state index < -0.39 is 23.8 Å². The molecule has 4 unspecified atom stereocenters. The van der Waals surface area contributed by atoms with Crippen molar-refractivity contribution in [2.45, 2.75) is 66.0 Å². The second kappa shape index (κ2) is 11.9. The maximum atomic E-state index is 13.6. The summed E-state index contributed by atoms with van der Waals surface area (Å²) in [5.41, 5.74) is 0.539. The molecule has 3 N–H and O–H groups in total. The highest BCUT2D eigenvalue weighted by Crippen LogP contribution is 2.34. The number of rotatable bonds is 9. The number of hydrogen-bond donors (Lipinski definition) is 3. The van der Waals surface area contributed by atoms with Crippen molar-refractivity contribution in [2.75, 3.05) is 26.2 Å². The zero-order valence-electron chi connectivity index (χ0n) is 20.5. The second-order valence-electron chi connectivity index (χ2n) is 10.6. The molecule has 33 heavy (non-hydrogen) atoms. The molecule has 1 fully saturated rings. The zero-order chi connectivity index (χ0) is 24.8. The van der Waals surface area contributed by atoms with Crippen molar-refractivity contribution in [3.05, 3.63) is 35.4 Å². The molecule has 1 aliphatic rings. The number of hydrogen-bond acceptors (Lipinski definition) is 4. The average Bonchev–Trinajstić information content (AvgIpc) is 2.66. The van der Waals surface area contributed by atoms with Gasteiger partial charge >= 0.3 is 0 Å². The van der Waals surface area contributed by atoms with Gasteiger partial charge in [0.2, 0.25) is 11.8 Å². The minimum Gasteiger partial charge on any atom is -0.390 e. The van der Waals surface area contributed by atoms with Crippen molar-refractivity contribution < 1.29 is 23.5 Å². The second-order valence-corrected chi connectivity index (χ2v) is 10.6. The van der Waals surface area contributed by atoms with Crippen LogP contribution in [0.1, 0.15) is 53.0 Å². The first kappa shape index (κ1) is 27.2. The van der Waals surface area contributed by atoms with Gasteiger partial charge in [-0.15, -0.1) is 0 Å². The summed E-state index contributed by atoms with van der Waals surface area (Å²) >= 11 is 0. The number of nitrogens with zero attached hydrogens (tertiary/aromatic N) is 1. The molecule has 0 radical (unpaired) electrons. The molecule has 0 spiro atoms. The van der Waals surface area contributed by atoms with E-state index in [1.807, 2.05) is 4.90 Å². The number of carbonyl (C=O) groups is 2. The van der Waals surface area contributed by atoms with Crippen LogP contribution in [0.5, 0.6) is 0 Å². The standard InChI is InChI=1S/C25H39F2N3O3/c1-16(31)29-23(10-18-8-21(26)11-22(27)9-18)24(33)14-28-13-20-15-30(17(2)32)7-6-19(20)12-25(3,4)5/h8-9,11,19-20,23-24,28,33H,6-7,10,12-15H2,1-5H3,(H,29,31). The van der Waals surface area contributed by atoms with Gasteiger partial charge in [-0.2, -0.15) is 0 Å². The predicted molar refractivity (Wildman–Crippen MR) is 124 cm³/mol. The highest BCUT2D eigenvalue weighted by molar-refractivity contribution is 5.73. The smallest absolute Gasteiger partial charge is 0.219 e. The minimum absolute atomic E-state index is 0.0716. The normalized spacial score (nSPS) is 20.9. The van der Waals surface area contributed by atoms with Crippen LogP contribution in [0.25, 0.3) is 0 Å². The molecule has 0 aromatic heterocycles. The van der Waals surface area contributed by atoms with Gasteiger partial charge in [-0.3, -0.25) is 9.59 Å². The Morgan fingerprint density at radius 3 is 2.33 bits per heavy atom. The third-order valence-electron chi connectivity index (χ3n) is 6.20. The highest BCUT2D eigenvalue weighted by atomic mass is 19.1. The van der Waals surface area contributed by atoms with Crippen LogP contribution in [-0.2, 0) is 16.0 Å². The summed E-state index contributed by atoms with van der Waals surface area (Å²) in [6, 6.07) is 2.50. The number of piperidine rings is 1.